The van der Waals surface area contributed by atoms with Gasteiger partial charge in [0.25, 0.3) is 0 Å². The van der Waals surface area contributed by atoms with Gasteiger partial charge in [0, 0.05) is 37.5 Å². The normalized spacial score (nSPS) is 30.0. The van der Waals surface area contributed by atoms with Crippen molar-refractivity contribution >= 4 is 23.5 Å². The van der Waals surface area contributed by atoms with Gasteiger partial charge in [0.05, 0.1) is 12.2 Å². The van der Waals surface area contributed by atoms with Crippen molar-refractivity contribution in [2.24, 2.45) is 17.3 Å². The van der Waals surface area contributed by atoms with Crippen molar-refractivity contribution in [2.75, 3.05) is 25.6 Å². The zero-order valence-corrected chi connectivity index (χ0v) is 28.2. The molecule has 8 nitrogen and oxygen atoms in total. The molecule has 0 spiro atoms. The summed E-state index contributed by atoms with van der Waals surface area (Å²) >= 11 is 0. The van der Waals surface area contributed by atoms with Gasteiger partial charge in [-0.1, -0.05) is 24.6 Å². The molecule has 8 heteroatoms. The minimum Gasteiger partial charge on any atom is -0.464 e. The Morgan fingerprint density at radius 2 is 1.82 bits per heavy atom. The first-order valence-electron chi connectivity index (χ1n) is 16.7. The number of ether oxygens (including phenoxy) is 2. The highest BCUT2D eigenvalue weighted by Gasteiger charge is 2.62. The van der Waals surface area contributed by atoms with E-state index in [0.29, 0.717) is 31.1 Å². The van der Waals surface area contributed by atoms with Crippen LogP contribution < -0.4 is 10.2 Å². The number of hydrogen-bond donors (Lipinski definition) is 2. The first kappa shape index (κ1) is 33.2. The smallest absolute Gasteiger partial charge is 0.408 e. The molecule has 0 bridgehead atoms. The predicted octanol–water partition coefficient (Wildman–Crippen LogP) is 6.62. The van der Waals surface area contributed by atoms with E-state index in [9.17, 15) is 19.5 Å². The third-order valence-electron chi connectivity index (χ3n) is 10.9. The summed E-state index contributed by atoms with van der Waals surface area (Å²) in [4.78, 5) is 39.1. The minimum atomic E-state index is -0.874. The number of ketones is 1. The number of nitrogens with one attached hydrogen (secondary N) is 1. The number of carbonyl (C=O) groups excluding carboxylic acids is 3. The summed E-state index contributed by atoms with van der Waals surface area (Å²) in [5.74, 6) is 0.653. The summed E-state index contributed by atoms with van der Waals surface area (Å²) in [7, 11) is 4.10. The maximum absolute atomic E-state index is 12.6. The van der Waals surface area contributed by atoms with E-state index in [2.05, 4.69) is 41.4 Å². The average molecular weight is 621 g/mol. The molecule has 5 rings (SSSR count). The lowest BCUT2D eigenvalue weighted by atomic mass is 9.51. The van der Waals surface area contributed by atoms with Crippen LogP contribution in [0.15, 0.2) is 47.1 Å². The molecule has 0 heterocycles. The first-order chi connectivity index (χ1) is 21.1. The summed E-state index contributed by atoms with van der Waals surface area (Å²) < 4.78 is 10.8. The molecule has 0 aromatic heterocycles. The summed E-state index contributed by atoms with van der Waals surface area (Å²) in [5, 5.41) is 14.9. The lowest BCUT2D eigenvalue weighted by Crippen LogP contribution is -2.51. The van der Waals surface area contributed by atoms with E-state index < -0.39 is 29.3 Å². The van der Waals surface area contributed by atoms with Crippen molar-refractivity contribution in [1.29, 1.82) is 0 Å². The second-order valence-corrected chi connectivity index (χ2v) is 15.2. The number of carbonyl (C=O) groups is 3. The fraction of sp³-hybridized carbons (Fsp3) is 0.649. The predicted molar refractivity (Wildman–Crippen MR) is 175 cm³/mol. The number of nitrogens with zero attached hydrogens (tertiary/aromatic N) is 1. The van der Waals surface area contributed by atoms with E-state index in [-0.39, 0.29) is 23.7 Å². The first-order valence-corrected chi connectivity index (χ1v) is 16.7. The lowest BCUT2D eigenvalue weighted by molar-refractivity contribution is -0.147. The van der Waals surface area contributed by atoms with Crippen LogP contribution in [0.25, 0.3) is 0 Å². The Balaban J connectivity index is 1.33. The fourth-order valence-corrected chi connectivity index (χ4v) is 8.67. The molecule has 1 aromatic rings. The fourth-order valence-electron chi connectivity index (χ4n) is 8.67. The molecule has 45 heavy (non-hydrogen) atoms. The van der Waals surface area contributed by atoms with E-state index in [0.717, 1.165) is 44.2 Å². The van der Waals surface area contributed by atoms with Gasteiger partial charge in [0.2, 0.25) is 0 Å². The van der Waals surface area contributed by atoms with Crippen LogP contribution in [0.5, 0.6) is 0 Å². The van der Waals surface area contributed by atoms with Crippen molar-refractivity contribution < 1.29 is 29.0 Å². The minimum absolute atomic E-state index is 0.179. The van der Waals surface area contributed by atoms with E-state index in [1.165, 1.54) is 22.3 Å². The van der Waals surface area contributed by atoms with Crippen LogP contribution in [0.2, 0.25) is 0 Å². The number of hydrogen-bond acceptors (Lipinski definition) is 7. The Bertz CT molecular complexity index is 1370. The van der Waals surface area contributed by atoms with Crippen LogP contribution in [-0.2, 0) is 19.1 Å². The van der Waals surface area contributed by atoms with Gasteiger partial charge in [-0.25, -0.2) is 9.59 Å². The number of amides is 1. The van der Waals surface area contributed by atoms with Gasteiger partial charge in [0.15, 0.2) is 5.78 Å². The monoisotopic (exact) mass is 620 g/mol. The molecule has 2 fully saturated rings. The Kier molecular flexibility index (Phi) is 9.29. The van der Waals surface area contributed by atoms with E-state index in [1.54, 1.807) is 27.7 Å². The van der Waals surface area contributed by atoms with Gasteiger partial charge in [-0.2, -0.15) is 0 Å². The lowest BCUT2D eigenvalue weighted by Gasteiger charge is -2.55. The zero-order chi connectivity index (χ0) is 32.7. The molecule has 6 atom stereocenters. The highest BCUT2D eigenvalue weighted by atomic mass is 16.6. The molecular formula is C37H52N2O6. The van der Waals surface area contributed by atoms with Gasteiger partial charge in [-0.15, -0.1) is 0 Å². The number of anilines is 1. The second kappa shape index (κ2) is 12.6. The standard InChI is InChI=1S/C37H52N2O6/c1-23(38-34(42)45-35(2,3)4)33(41)44-20-8-18-37(43)19-17-31-29-15-11-25-21-27(40)14-16-28(25)32(29)30(22-36(31,37)5)24-9-12-26(13-10-24)39(6)7/h9-10,12-13,21,23,29-31,43H,8,11,14-20,22H2,1-7H3,(H,38,42)/t23?,29-,30+,31-,36+,37-/m0/s1. The van der Waals surface area contributed by atoms with Crippen molar-refractivity contribution in [2.45, 2.75) is 116 Å². The molecule has 1 unspecified atom stereocenters. The molecule has 246 valence electrons. The van der Waals surface area contributed by atoms with Gasteiger partial charge in [-0.3, -0.25) is 4.79 Å². The number of fused-ring (bicyclic) bond motifs is 4. The molecule has 1 aromatic carbocycles. The van der Waals surface area contributed by atoms with Gasteiger partial charge in [0.1, 0.15) is 11.6 Å². The van der Waals surface area contributed by atoms with Crippen LogP contribution >= 0.6 is 0 Å². The Hall–Kier alpha value is -3.13. The molecule has 2 saturated carbocycles. The number of allylic oxidation sites excluding steroid dienone is 4. The number of esters is 1. The van der Waals surface area contributed by atoms with Crippen molar-refractivity contribution in [3.05, 3.63) is 52.6 Å². The molecule has 0 saturated heterocycles. The third-order valence-corrected chi connectivity index (χ3v) is 10.9. The maximum Gasteiger partial charge on any atom is 0.408 e. The number of alkyl carbamates (subject to hydrolysis) is 1. The van der Waals surface area contributed by atoms with E-state index in [4.69, 9.17) is 9.47 Å². The second-order valence-electron chi connectivity index (χ2n) is 15.2. The Morgan fingerprint density at radius 3 is 2.49 bits per heavy atom. The molecule has 4 aliphatic rings. The van der Waals surface area contributed by atoms with Gasteiger partial charge < -0.3 is 24.8 Å². The van der Waals surface area contributed by atoms with Gasteiger partial charge >= 0.3 is 12.1 Å². The van der Waals surface area contributed by atoms with Crippen LogP contribution in [-0.4, -0.2) is 60.9 Å². The Labute approximate surface area is 268 Å². The van der Waals surface area contributed by atoms with Crippen LogP contribution in [0, 0.1) is 17.3 Å². The van der Waals surface area contributed by atoms with Crippen LogP contribution in [0.1, 0.15) is 104 Å². The molecule has 2 N–H and O–H groups in total. The van der Waals surface area contributed by atoms with Crippen LogP contribution in [0.3, 0.4) is 0 Å². The number of rotatable bonds is 8. The SMILES string of the molecule is CC(NC(=O)OC(C)(C)C)C(=O)OCCC[C@]1(O)CC[C@H]2[C@@H]3CCC4=CC(=O)CCC4=C3[C@@H](c3ccc(N(C)C)cc3)C[C@]21C. The van der Waals surface area contributed by atoms with Crippen molar-refractivity contribution in [3.8, 4) is 0 Å². The Morgan fingerprint density at radius 1 is 1.11 bits per heavy atom. The highest BCUT2D eigenvalue weighted by molar-refractivity contribution is 5.93. The average Bonchev–Trinajstić information content (AvgIpc) is 3.23. The number of benzene rings is 1. The summed E-state index contributed by atoms with van der Waals surface area (Å²) in [6.07, 6.45) is 8.22. The van der Waals surface area contributed by atoms with E-state index >= 15 is 0 Å². The topological polar surface area (TPSA) is 105 Å². The molecular weight excluding hydrogens is 568 g/mol. The van der Waals surface area contributed by atoms with E-state index in [1.807, 2.05) is 20.2 Å². The molecule has 0 aliphatic heterocycles. The van der Waals surface area contributed by atoms with Crippen molar-refractivity contribution in [3.63, 3.8) is 0 Å². The summed E-state index contributed by atoms with van der Waals surface area (Å²) in [5.41, 5.74) is 4.77. The van der Waals surface area contributed by atoms with Crippen molar-refractivity contribution in [1.82, 2.24) is 5.32 Å². The number of aliphatic hydroxyl groups is 1. The van der Waals surface area contributed by atoms with Gasteiger partial charge in [-0.05, 0) is 126 Å². The summed E-state index contributed by atoms with van der Waals surface area (Å²) in [6.45, 7) is 9.35. The maximum atomic E-state index is 12.6. The third kappa shape index (κ3) is 6.72. The van der Waals surface area contributed by atoms with Crippen LogP contribution in [0.4, 0.5) is 10.5 Å². The highest BCUT2D eigenvalue weighted by Crippen LogP contribution is 2.67. The summed E-state index contributed by atoms with van der Waals surface area (Å²) in [6, 6.07) is 8.03. The largest absolute Gasteiger partial charge is 0.464 e. The molecule has 0 radical (unpaired) electrons. The molecule has 4 aliphatic carbocycles. The quantitative estimate of drug-likeness (QED) is 0.249. The molecule has 1 amide bonds. The zero-order valence-electron chi connectivity index (χ0n) is 28.2.